The van der Waals surface area contributed by atoms with Crippen LogP contribution in [0.4, 0.5) is 9.93 Å². The van der Waals surface area contributed by atoms with Gasteiger partial charge >= 0.3 is 12.0 Å². The molecule has 0 bridgehead atoms. The van der Waals surface area contributed by atoms with Crippen LogP contribution in [0.3, 0.4) is 0 Å². The van der Waals surface area contributed by atoms with E-state index in [1.807, 2.05) is 0 Å². The van der Waals surface area contributed by atoms with E-state index in [2.05, 4.69) is 15.5 Å². The lowest BCUT2D eigenvalue weighted by atomic mass is 10.3. The molecule has 1 fully saturated rings. The van der Waals surface area contributed by atoms with Gasteiger partial charge in [-0.1, -0.05) is 11.3 Å². The molecule has 1 aliphatic rings. The van der Waals surface area contributed by atoms with Gasteiger partial charge in [0.1, 0.15) is 11.0 Å². The fourth-order valence-corrected chi connectivity index (χ4v) is 3.08. The molecule has 2 N–H and O–H groups in total. The second kappa shape index (κ2) is 4.88. The standard InChI is InChI=1S/C8H10N4O3S2/c1-4-10-11-7(17-4)9-8(15)12-3-16-2-5(12)6(13)14/h5H,2-3H2,1H3,(H,13,14)(H,9,11,15). The molecule has 1 aromatic rings. The minimum Gasteiger partial charge on any atom is -0.480 e. The molecule has 7 nitrogen and oxygen atoms in total. The highest BCUT2D eigenvalue weighted by Gasteiger charge is 2.34. The normalized spacial score (nSPS) is 19.4. The summed E-state index contributed by atoms with van der Waals surface area (Å²) in [6.07, 6.45) is 0. The van der Waals surface area contributed by atoms with Crippen LogP contribution in [-0.4, -0.2) is 49.9 Å². The van der Waals surface area contributed by atoms with Crippen molar-refractivity contribution >= 4 is 40.2 Å². The van der Waals surface area contributed by atoms with Gasteiger partial charge < -0.3 is 10.0 Å². The number of urea groups is 1. The van der Waals surface area contributed by atoms with Crippen LogP contribution in [0.5, 0.6) is 0 Å². The Balaban J connectivity index is 2.02. The van der Waals surface area contributed by atoms with Gasteiger partial charge in [-0.2, -0.15) is 0 Å². The first-order chi connectivity index (χ1) is 8.08. The Morgan fingerprint density at radius 2 is 2.29 bits per heavy atom. The SMILES string of the molecule is Cc1nnc(NC(=O)N2CSCC2C(=O)O)s1. The zero-order chi connectivity index (χ0) is 12.4. The summed E-state index contributed by atoms with van der Waals surface area (Å²) in [7, 11) is 0. The summed E-state index contributed by atoms with van der Waals surface area (Å²) in [5.41, 5.74) is 0. The second-order valence-corrected chi connectivity index (χ2v) is 5.56. The highest BCUT2D eigenvalue weighted by molar-refractivity contribution is 7.99. The van der Waals surface area contributed by atoms with E-state index in [1.165, 1.54) is 28.0 Å². The molecule has 92 valence electrons. The van der Waals surface area contributed by atoms with Crippen molar-refractivity contribution in [3.63, 3.8) is 0 Å². The number of aliphatic carboxylic acids is 1. The van der Waals surface area contributed by atoms with Crippen molar-refractivity contribution in [2.45, 2.75) is 13.0 Å². The van der Waals surface area contributed by atoms with Gasteiger partial charge in [0, 0.05) is 5.75 Å². The minimum atomic E-state index is -0.987. The predicted molar refractivity (Wildman–Crippen MR) is 64.3 cm³/mol. The Labute approximate surface area is 105 Å². The number of hydrogen-bond acceptors (Lipinski definition) is 6. The summed E-state index contributed by atoms with van der Waals surface area (Å²) in [5.74, 6) is -0.197. The van der Waals surface area contributed by atoms with Crippen LogP contribution >= 0.6 is 23.1 Å². The summed E-state index contributed by atoms with van der Waals surface area (Å²) in [5, 5.41) is 20.1. The minimum absolute atomic E-state index is 0.376. The maximum atomic E-state index is 11.8. The van der Waals surface area contributed by atoms with Gasteiger partial charge in [0.05, 0.1) is 5.88 Å². The molecule has 1 unspecified atom stereocenters. The Hall–Kier alpha value is -1.35. The van der Waals surface area contributed by atoms with E-state index in [0.29, 0.717) is 16.8 Å². The monoisotopic (exact) mass is 274 g/mol. The molecule has 0 saturated carbocycles. The Morgan fingerprint density at radius 3 is 2.88 bits per heavy atom. The summed E-state index contributed by atoms with van der Waals surface area (Å²) in [4.78, 5) is 24.0. The van der Waals surface area contributed by atoms with Gasteiger partial charge in [-0.25, -0.2) is 9.59 Å². The molecule has 2 heterocycles. The Bertz CT molecular complexity index is 450. The number of aromatic nitrogens is 2. The number of carbonyl (C=O) groups excluding carboxylic acids is 1. The molecule has 0 spiro atoms. The van der Waals surface area contributed by atoms with Crippen molar-refractivity contribution in [2.24, 2.45) is 0 Å². The highest BCUT2D eigenvalue weighted by Crippen LogP contribution is 2.22. The molecular weight excluding hydrogens is 264 g/mol. The average molecular weight is 274 g/mol. The molecule has 1 aromatic heterocycles. The third kappa shape index (κ3) is 2.67. The molecule has 1 saturated heterocycles. The number of nitrogens with one attached hydrogen (secondary N) is 1. The smallest absolute Gasteiger partial charge is 0.327 e. The molecule has 1 atom stereocenters. The number of carbonyl (C=O) groups is 2. The number of carboxylic acids is 1. The first kappa shape index (κ1) is 12.1. The molecular formula is C8H10N4O3S2. The van der Waals surface area contributed by atoms with Gasteiger partial charge in [-0.3, -0.25) is 5.32 Å². The summed E-state index contributed by atoms with van der Waals surface area (Å²) in [6, 6.07) is -1.22. The largest absolute Gasteiger partial charge is 0.480 e. The number of thioether (sulfide) groups is 1. The van der Waals surface area contributed by atoms with E-state index in [0.717, 1.165) is 5.01 Å². The van der Waals surface area contributed by atoms with Crippen molar-refractivity contribution < 1.29 is 14.7 Å². The third-order valence-corrected chi connectivity index (χ3v) is 3.93. The molecule has 0 aromatic carbocycles. The van der Waals surface area contributed by atoms with Gasteiger partial charge in [-0.15, -0.1) is 22.0 Å². The lowest BCUT2D eigenvalue weighted by Crippen LogP contribution is -2.43. The number of aryl methyl sites for hydroxylation is 1. The zero-order valence-electron chi connectivity index (χ0n) is 8.91. The number of hydrogen-bond donors (Lipinski definition) is 2. The van der Waals surface area contributed by atoms with Crippen LogP contribution in [0.1, 0.15) is 5.01 Å². The topological polar surface area (TPSA) is 95.4 Å². The first-order valence-corrected chi connectivity index (χ1v) is 6.73. The maximum Gasteiger partial charge on any atom is 0.327 e. The molecule has 2 amide bonds. The van der Waals surface area contributed by atoms with E-state index in [4.69, 9.17) is 5.11 Å². The Morgan fingerprint density at radius 1 is 1.53 bits per heavy atom. The molecule has 2 rings (SSSR count). The van der Waals surface area contributed by atoms with Gasteiger partial charge in [0.25, 0.3) is 0 Å². The first-order valence-electron chi connectivity index (χ1n) is 4.76. The van der Waals surface area contributed by atoms with Crippen molar-refractivity contribution in [1.29, 1.82) is 0 Å². The number of amides is 2. The molecule has 1 aliphatic heterocycles. The quantitative estimate of drug-likeness (QED) is 0.829. The molecule has 17 heavy (non-hydrogen) atoms. The number of nitrogens with zero attached hydrogens (tertiary/aromatic N) is 3. The number of carboxylic acid groups (broad SMARTS) is 1. The molecule has 9 heteroatoms. The van der Waals surface area contributed by atoms with Crippen LogP contribution in [0.25, 0.3) is 0 Å². The van der Waals surface area contributed by atoms with Crippen LogP contribution in [0, 0.1) is 6.92 Å². The lowest BCUT2D eigenvalue weighted by Gasteiger charge is -2.19. The second-order valence-electron chi connectivity index (χ2n) is 3.38. The highest BCUT2D eigenvalue weighted by atomic mass is 32.2. The van der Waals surface area contributed by atoms with E-state index in [9.17, 15) is 9.59 Å². The predicted octanol–water partition coefficient (Wildman–Crippen LogP) is 0.838. The number of rotatable bonds is 2. The summed E-state index contributed by atoms with van der Waals surface area (Å²) < 4.78 is 0. The van der Waals surface area contributed by atoms with E-state index in [-0.39, 0.29) is 0 Å². The maximum absolute atomic E-state index is 11.8. The van der Waals surface area contributed by atoms with Crippen LogP contribution in [0.15, 0.2) is 0 Å². The van der Waals surface area contributed by atoms with Crippen LogP contribution in [0.2, 0.25) is 0 Å². The van der Waals surface area contributed by atoms with Gasteiger partial charge in [0.2, 0.25) is 5.13 Å². The molecule has 0 radical (unpaired) electrons. The van der Waals surface area contributed by atoms with Crippen LogP contribution in [-0.2, 0) is 4.79 Å². The summed E-state index contributed by atoms with van der Waals surface area (Å²) >= 11 is 2.66. The number of anilines is 1. The van der Waals surface area contributed by atoms with Crippen LogP contribution < -0.4 is 5.32 Å². The van der Waals surface area contributed by atoms with E-state index >= 15 is 0 Å². The van der Waals surface area contributed by atoms with E-state index < -0.39 is 18.0 Å². The zero-order valence-corrected chi connectivity index (χ0v) is 10.5. The van der Waals surface area contributed by atoms with Crippen molar-refractivity contribution in [1.82, 2.24) is 15.1 Å². The van der Waals surface area contributed by atoms with Crippen molar-refractivity contribution in [3.05, 3.63) is 5.01 Å². The van der Waals surface area contributed by atoms with Crippen molar-refractivity contribution in [2.75, 3.05) is 16.9 Å². The fraction of sp³-hybridized carbons (Fsp3) is 0.500. The summed E-state index contributed by atoms with van der Waals surface area (Å²) in [6.45, 7) is 1.78. The van der Waals surface area contributed by atoms with Gasteiger partial charge in [0.15, 0.2) is 0 Å². The average Bonchev–Trinajstić information content (AvgIpc) is 2.86. The van der Waals surface area contributed by atoms with Gasteiger partial charge in [-0.05, 0) is 6.92 Å². The van der Waals surface area contributed by atoms with E-state index in [1.54, 1.807) is 6.92 Å². The molecule has 0 aliphatic carbocycles. The Kier molecular flexibility index (Phi) is 3.48. The fourth-order valence-electron chi connectivity index (χ4n) is 1.36. The van der Waals surface area contributed by atoms with Crippen molar-refractivity contribution in [3.8, 4) is 0 Å². The third-order valence-electron chi connectivity index (χ3n) is 2.17. The lowest BCUT2D eigenvalue weighted by molar-refractivity contribution is -0.140.